The fourth-order valence-electron chi connectivity index (χ4n) is 2.07. The number of esters is 1. The van der Waals surface area contributed by atoms with Crippen molar-refractivity contribution in [1.82, 2.24) is 15.1 Å². The van der Waals surface area contributed by atoms with Gasteiger partial charge in [-0.05, 0) is 40.5 Å². The molecule has 0 aromatic heterocycles. The molecule has 1 rings (SSSR count). The van der Waals surface area contributed by atoms with Gasteiger partial charge in [-0.15, -0.1) is 0 Å². The zero-order chi connectivity index (χ0) is 12.7. The fraction of sp³-hybridized carbons (Fsp3) is 0.917. The maximum Gasteiger partial charge on any atom is 0.324 e. The summed E-state index contributed by atoms with van der Waals surface area (Å²) in [5, 5.41) is 3.04. The molecule has 0 aromatic carbocycles. The predicted octanol–water partition coefficient (Wildman–Crippen LogP) is -0.225. The molecule has 100 valence electrons. The Labute approximate surface area is 104 Å². The Morgan fingerprint density at radius 1 is 1.35 bits per heavy atom. The second kappa shape index (κ2) is 7.63. The van der Waals surface area contributed by atoms with Crippen molar-refractivity contribution in [3.8, 4) is 0 Å². The number of nitrogens with zero attached hydrogens (tertiary/aromatic N) is 2. The van der Waals surface area contributed by atoms with Crippen LogP contribution in [0, 0.1) is 0 Å². The lowest BCUT2D eigenvalue weighted by Crippen LogP contribution is -2.46. The predicted molar refractivity (Wildman–Crippen MR) is 68.0 cm³/mol. The molecular weight excluding hydrogens is 218 g/mol. The largest absolute Gasteiger partial charge is 0.465 e. The highest BCUT2D eigenvalue weighted by Gasteiger charge is 2.22. The number of rotatable bonds is 5. The molecule has 0 amide bonds. The Morgan fingerprint density at radius 3 is 2.76 bits per heavy atom. The van der Waals surface area contributed by atoms with E-state index in [0.717, 1.165) is 39.1 Å². The van der Waals surface area contributed by atoms with E-state index in [0.29, 0.717) is 6.61 Å². The van der Waals surface area contributed by atoms with Crippen LogP contribution >= 0.6 is 0 Å². The topological polar surface area (TPSA) is 44.8 Å². The van der Waals surface area contributed by atoms with Gasteiger partial charge in [0.15, 0.2) is 0 Å². The Balaban J connectivity index is 2.41. The Hall–Kier alpha value is -0.650. The van der Waals surface area contributed by atoms with Crippen molar-refractivity contribution in [2.24, 2.45) is 0 Å². The van der Waals surface area contributed by atoms with Gasteiger partial charge in [-0.2, -0.15) is 0 Å². The van der Waals surface area contributed by atoms with E-state index >= 15 is 0 Å². The van der Waals surface area contributed by atoms with Crippen LogP contribution in [0.15, 0.2) is 0 Å². The number of nitrogens with one attached hydrogen (secondary N) is 1. The van der Waals surface area contributed by atoms with Crippen LogP contribution in [0.3, 0.4) is 0 Å². The standard InChI is InChI=1S/C12H25N3O2/c1-4-17-12(16)11(13-2)10-15-7-5-6-14(3)8-9-15/h11,13H,4-10H2,1-3H3. The molecular formula is C12H25N3O2. The van der Waals surface area contributed by atoms with Crippen molar-refractivity contribution in [1.29, 1.82) is 0 Å². The normalized spacial score (nSPS) is 20.9. The quantitative estimate of drug-likeness (QED) is 0.676. The third-order valence-electron chi connectivity index (χ3n) is 3.17. The summed E-state index contributed by atoms with van der Waals surface area (Å²) < 4.78 is 5.05. The molecule has 1 saturated heterocycles. The number of ether oxygens (including phenoxy) is 1. The number of likely N-dealkylation sites (N-methyl/N-ethyl adjacent to an activating group) is 2. The van der Waals surface area contributed by atoms with Crippen LogP contribution in [0.5, 0.6) is 0 Å². The SMILES string of the molecule is CCOC(=O)C(CN1CCCN(C)CC1)NC. The van der Waals surface area contributed by atoms with Gasteiger partial charge in [0.1, 0.15) is 6.04 Å². The number of carbonyl (C=O) groups excluding carboxylic acids is 1. The lowest BCUT2D eigenvalue weighted by Gasteiger charge is -2.24. The molecule has 1 heterocycles. The summed E-state index contributed by atoms with van der Waals surface area (Å²) in [6, 6.07) is -0.210. The van der Waals surface area contributed by atoms with Gasteiger partial charge >= 0.3 is 5.97 Å². The molecule has 0 aromatic rings. The summed E-state index contributed by atoms with van der Waals surface area (Å²) in [6.45, 7) is 7.31. The van der Waals surface area contributed by atoms with Crippen molar-refractivity contribution in [3.05, 3.63) is 0 Å². The van der Waals surface area contributed by atoms with Gasteiger partial charge < -0.3 is 15.0 Å². The Bertz CT molecular complexity index is 236. The zero-order valence-corrected chi connectivity index (χ0v) is 11.2. The lowest BCUT2D eigenvalue weighted by molar-refractivity contribution is -0.146. The highest BCUT2D eigenvalue weighted by molar-refractivity contribution is 5.76. The summed E-state index contributed by atoms with van der Waals surface area (Å²) in [4.78, 5) is 16.3. The van der Waals surface area contributed by atoms with Gasteiger partial charge in [0.2, 0.25) is 0 Å². The molecule has 1 fully saturated rings. The highest BCUT2D eigenvalue weighted by Crippen LogP contribution is 2.03. The van der Waals surface area contributed by atoms with Crippen LogP contribution in [-0.2, 0) is 9.53 Å². The van der Waals surface area contributed by atoms with Gasteiger partial charge in [0.05, 0.1) is 6.61 Å². The summed E-state index contributed by atoms with van der Waals surface area (Å²) >= 11 is 0. The minimum atomic E-state index is -0.210. The van der Waals surface area contributed by atoms with Gasteiger partial charge in [-0.3, -0.25) is 9.69 Å². The van der Waals surface area contributed by atoms with Crippen molar-refractivity contribution in [2.45, 2.75) is 19.4 Å². The lowest BCUT2D eigenvalue weighted by atomic mass is 10.2. The van der Waals surface area contributed by atoms with Crippen LogP contribution < -0.4 is 5.32 Å². The molecule has 1 aliphatic rings. The average Bonchev–Trinajstić information content (AvgIpc) is 2.51. The van der Waals surface area contributed by atoms with Gasteiger partial charge in [0.25, 0.3) is 0 Å². The average molecular weight is 243 g/mol. The van der Waals surface area contributed by atoms with Crippen molar-refractivity contribution in [2.75, 3.05) is 53.4 Å². The van der Waals surface area contributed by atoms with E-state index in [1.165, 1.54) is 0 Å². The minimum Gasteiger partial charge on any atom is -0.465 e. The maximum absolute atomic E-state index is 11.7. The summed E-state index contributed by atoms with van der Waals surface area (Å²) in [7, 11) is 3.95. The van der Waals surface area contributed by atoms with E-state index in [-0.39, 0.29) is 12.0 Å². The van der Waals surface area contributed by atoms with Crippen molar-refractivity contribution >= 4 is 5.97 Å². The molecule has 1 aliphatic heterocycles. The number of hydrogen-bond donors (Lipinski definition) is 1. The Morgan fingerprint density at radius 2 is 2.12 bits per heavy atom. The van der Waals surface area contributed by atoms with Crippen LogP contribution in [0.25, 0.3) is 0 Å². The number of hydrogen-bond acceptors (Lipinski definition) is 5. The van der Waals surface area contributed by atoms with E-state index in [4.69, 9.17) is 4.74 Å². The summed E-state index contributed by atoms with van der Waals surface area (Å²) in [6.07, 6.45) is 1.16. The molecule has 0 radical (unpaired) electrons. The number of carbonyl (C=O) groups is 1. The summed E-state index contributed by atoms with van der Waals surface area (Å²) in [5.74, 6) is -0.146. The van der Waals surface area contributed by atoms with Crippen LogP contribution in [0.4, 0.5) is 0 Å². The van der Waals surface area contributed by atoms with Crippen molar-refractivity contribution < 1.29 is 9.53 Å². The molecule has 5 nitrogen and oxygen atoms in total. The molecule has 0 saturated carbocycles. The van der Waals surface area contributed by atoms with Crippen LogP contribution in [0.2, 0.25) is 0 Å². The first-order chi connectivity index (χ1) is 8.17. The van der Waals surface area contributed by atoms with Gasteiger partial charge in [0, 0.05) is 19.6 Å². The first-order valence-electron chi connectivity index (χ1n) is 6.42. The van der Waals surface area contributed by atoms with Gasteiger partial charge in [-0.25, -0.2) is 0 Å². The molecule has 17 heavy (non-hydrogen) atoms. The highest BCUT2D eigenvalue weighted by atomic mass is 16.5. The fourth-order valence-corrected chi connectivity index (χ4v) is 2.07. The van der Waals surface area contributed by atoms with E-state index in [1.807, 2.05) is 14.0 Å². The molecule has 1 atom stereocenters. The van der Waals surface area contributed by atoms with Crippen LogP contribution in [-0.4, -0.2) is 75.2 Å². The van der Waals surface area contributed by atoms with E-state index < -0.39 is 0 Å². The first kappa shape index (κ1) is 14.4. The zero-order valence-electron chi connectivity index (χ0n) is 11.2. The third-order valence-corrected chi connectivity index (χ3v) is 3.17. The minimum absolute atomic E-state index is 0.146. The first-order valence-corrected chi connectivity index (χ1v) is 6.42. The molecule has 1 unspecified atom stereocenters. The smallest absolute Gasteiger partial charge is 0.324 e. The molecule has 5 heteroatoms. The van der Waals surface area contributed by atoms with Crippen LogP contribution in [0.1, 0.15) is 13.3 Å². The molecule has 0 aliphatic carbocycles. The van der Waals surface area contributed by atoms with E-state index in [9.17, 15) is 4.79 Å². The Kier molecular flexibility index (Phi) is 6.47. The summed E-state index contributed by atoms with van der Waals surface area (Å²) in [5.41, 5.74) is 0. The van der Waals surface area contributed by atoms with E-state index in [1.54, 1.807) is 0 Å². The second-order valence-corrected chi connectivity index (χ2v) is 4.55. The molecule has 0 spiro atoms. The molecule has 1 N–H and O–H groups in total. The third kappa shape index (κ3) is 5.02. The second-order valence-electron chi connectivity index (χ2n) is 4.55. The van der Waals surface area contributed by atoms with E-state index in [2.05, 4.69) is 22.2 Å². The van der Waals surface area contributed by atoms with Crippen molar-refractivity contribution in [3.63, 3.8) is 0 Å². The monoisotopic (exact) mass is 243 g/mol. The maximum atomic E-state index is 11.7. The van der Waals surface area contributed by atoms with Gasteiger partial charge in [-0.1, -0.05) is 0 Å². The molecule has 0 bridgehead atoms.